The lowest BCUT2D eigenvalue weighted by Gasteiger charge is -2.29. The molecule has 3 heterocycles. The van der Waals surface area contributed by atoms with E-state index < -0.39 is 0 Å². The Morgan fingerprint density at radius 1 is 0.368 bits per heavy atom. The van der Waals surface area contributed by atoms with Crippen LogP contribution in [-0.2, 0) is 0 Å². The zero-order chi connectivity index (χ0) is 37.5. The molecule has 10 aromatic rings. The van der Waals surface area contributed by atoms with Crippen LogP contribution >= 0.6 is 0 Å². The molecule has 0 saturated carbocycles. The van der Waals surface area contributed by atoms with Crippen molar-refractivity contribution in [1.82, 2.24) is 9.13 Å². The number of hydrogen-bond donors (Lipinski definition) is 0. The van der Waals surface area contributed by atoms with E-state index in [-0.39, 0.29) is 6.04 Å². The summed E-state index contributed by atoms with van der Waals surface area (Å²) >= 11 is 0. The third-order valence-corrected chi connectivity index (χ3v) is 12.2. The zero-order valence-electron chi connectivity index (χ0n) is 31.2. The van der Waals surface area contributed by atoms with E-state index in [4.69, 9.17) is 0 Å². The number of rotatable bonds is 5. The van der Waals surface area contributed by atoms with E-state index in [1.165, 1.54) is 88.5 Å². The van der Waals surface area contributed by atoms with Gasteiger partial charge in [-0.05, 0) is 65.2 Å². The summed E-state index contributed by atoms with van der Waals surface area (Å²) in [5.41, 5.74) is 15.8. The van der Waals surface area contributed by atoms with Crippen LogP contribution in [0.5, 0.6) is 0 Å². The predicted octanol–water partition coefficient (Wildman–Crippen LogP) is 13.9. The van der Waals surface area contributed by atoms with Gasteiger partial charge in [-0.25, -0.2) is 0 Å². The first-order chi connectivity index (χ1) is 28.3. The van der Waals surface area contributed by atoms with Crippen LogP contribution in [-0.4, -0.2) is 15.2 Å². The Bertz CT molecular complexity index is 3200. The van der Waals surface area contributed by atoms with Crippen molar-refractivity contribution in [2.24, 2.45) is 0 Å². The van der Waals surface area contributed by atoms with Crippen molar-refractivity contribution in [2.75, 3.05) is 4.90 Å². The number of anilines is 2. The zero-order valence-corrected chi connectivity index (χ0v) is 31.2. The molecule has 268 valence electrons. The van der Waals surface area contributed by atoms with Crippen LogP contribution in [0, 0.1) is 0 Å². The van der Waals surface area contributed by atoms with Gasteiger partial charge in [0.15, 0.2) is 0 Å². The van der Waals surface area contributed by atoms with E-state index in [1.54, 1.807) is 0 Å². The first kappa shape index (κ1) is 31.9. The van der Waals surface area contributed by atoms with Gasteiger partial charge in [0, 0.05) is 55.7 Å². The van der Waals surface area contributed by atoms with Gasteiger partial charge in [0.1, 0.15) is 0 Å². The number of benzene rings is 8. The van der Waals surface area contributed by atoms with Crippen molar-refractivity contribution in [2.45, 2.75) is 12.0 Å². The summed E-state index contributed by atoms with van der Waals surface area (Å²) in [6, 6.07) is 69.3. The molecule has 8 aromatic carbocycles. The highest BCUT2D eigenvalue weighted by atomic mass is 15.2. The monoisotopic (exact) mass is 727 g/mol. The maximum atomic E-state index is 2.53. The van der Waals surface area contributed by atoms with Gasteiger partial charge in [-0.15, -0.1) is 0 Å². The quantitative estimate of drug-likeness (QED) is 0.172. The Hall–Kier alpha value is -7.36. The molecule has 2 unspecified atom stereocenters. The van der Waals surface area contributed by atoms with E-state index in [9.17, 15) is 0 Å². The van der Waals surface area contributed by atoms with Crippen molar-refractivity contribution < 1.29 is 0 Å². The molecule has 0 N–H and O–H groups in total. The fourth-order valence-electron chi connectivity index (χ4n) is 9.80. The Morgan fingerprint density at radius 2 is 0.947 bits per heavy atom. The van der Waals surface area contributed by atoms with E-state index in [2.05, 4.69) is 226 Å². The van der Waals surface area contributed by atoms with Crippen LogP contribution in [0.15, 0.2) is 212 Å². The molecule has 0 spiro atoms. The second kappa shape index (κ2) is 12.6. The predicted molar refractivity (Wildman–Crippen MR) is 239 cm³/mol. The number of hydrogen-bond acceptors (Lipinski definition) is 1. The van der Waals surface area contributed by atoms with Gasteiger partial charge < -0.3 is 14.0 Å². The highest BCUT2D eigenvalue weighted by Crippen LogP contribution is 2.49. The first-order valence-electron chi connectivity index (χ1n) is 19.9. The van der Waals surface area contributed by atoms with Crippen LogP contribution in [0.4, 0.5) is 11.4 Å². The third-order valence-electron chi connectivity index (χ3n) is 12.2. The van der Waals surface area contributed by atoms with Crippen molar-refractivity contribution in [3.05, 3.63) is 218 Å². The molecule has 2 aliphatic rings. The molecule has 57 heavy (non-hydrogen) atoms. The lowest BCUT2D eigenvalue weighted by atomic mass is 9.91. The van der Waals surface area contributed by atoms with E-state index in [0.717, 1.165) is 5.69 Å². The Morgan fingerprint density at radius 3 is 1.70 bits per heavy atom. The summed E-state index contributed by atoms with van der Waals surface area (Å²) in [6.45, 7) is 0. The number of para-hydroxylation sites is 4. The molecule has 2 aromatic heterocycles. The molecular weight excluding hydrogens is 691 g/mol. The highest BCUT2D eigenvalue weighted by molar-refractivity contribution is 6.13. The van der Waals surface area contributed by atoms with Crippen LogP contribution in [0.25, 0.3) is 77.2 Å². The first-order valence-corrected chi connectivity index (χ1v) is 19.9. The molecule has 2 atom stereocenters. The minimum Gasteiger partial charge on any atom is -0.333 e. The fraction of sp³-hybridized carbons (Fsp3) is 0.0370. The summed E-state index contributed by atoms with van der Waals surface area (Å²) < 4.78 is 4.97. The molecule has 3 heteroatoms. The lowest BCUT2D eigenvalue weighted by molar-refractivity contribution is 0.745. The molecule has 0 amide bonds. The summed E-state index contributed by atoms with van der Waals surface area (Å²) in [7, 11) is 0. The average molecular weight is 728 g/mol. The Balaban J connectivity index is 1.10. The normalized spacial score (nSPS) is 15.9. The molecule has 0 radical (unpaired) electrons. The van der Waals surface area contributed by atoms with Gasteiger partial charge in [0.05, 0.1) is 33.8 Å². The number of allylic oxidation sites excluding steroid dienone is 2. The fourth-order valence-corrected chi connectivity index (χ4v) is 9.80. The Kier molecular flexibility index (Phi) is 7.05. The summed E-state index contributed by atoms with van der Waals surface area (Å²) in [5.74, 6) is 0.335. The van der Waals surface area contributed by atoms with E-state index >= 15 is 0 Å². The van der Waals surface area contributed by atoms with Crippen LogP contribution in [0.3, 0.4) is 0 Å². The van der Waals surface area contributed by atoms with E-state index in [0.29, 0.717) is 5.92 Å². The SMILES string of the molecule is C1=CC2c3ccccc3N(c3ccc4c5ccccc5n(-c5ccc6c(c5)c5ccccc5n6-c5c(-c6ccccc6)cccc5-c5ccccc5)c4c3)C2C=C1. The maximum absolute atomic E-state index is 2.53. The van der Waals surface area contributed by atoms with Crippen LogP contribution in [0.2, 0.25) is 0 Å². The lowest BCUT2D eigenvalue weighted by Crippen LogP contribution is -2.28. The second-order valence-electron chi connectivity index (χ2n) is 15.3. The maximum Gasteiger partial charge on any atom is 0.0629 e. The highest BCUT2D eigenvalue weighted by Gasteiger charge is 2.37. The second-order valence-corrected chi connectivity index (χ2v) is 15.3. The van der Waals surface area contributed by atoms with Crippen molar-refractivity contribution in [3.8, 4) is 33.6 Å². The van der Waals surface area contributed by atoms with Gasteiger partial charge in [0.2, 0.25) is 0 Å². The molecule has 1 aliphatic carbocycles. The van der Waals surface area contributed by atoms with Crippen molar-refractivity contribution in [1.29, 1.82) is 0 Å². The molecule has 3 nitrogen and oxygen atoms in total. The number of aromatic nitrogens is 2. The van der Waals surface area contributed by atoms with Crippen LogP contribution < -0.4 is 4.90 Å². The van der Waals surface area contributed by atoms with E-state index in [1.807, 2.05) is 0 Å². The summed E-state index contributed by atoms with van der Waals surface area (Å²) in [4.78, 5) is 2.53. The minimum absolute atomic E-state index is 0.240. The average Bonchev–Trinajstić information content (AvgIpc) is 3.92. The standard InChI is InChI=1S/C54H37N3/c1-3-16-36(17-4-1)40-24-15-25-41(37-18-5-2-6-19-37)54(40)57-51-29-14-10-23-45(51)47-34-38(31-33-52(47)57)56-50-28-13-9-22-44(50)46-32-30-39(35-53(46)56)55-48-26-11-7-20-42(48)43-21-8-12-27-49(43)55/h1-35,42,48H. The number of fused-ring (bicyclic) bond motifs is 9. The third kappa shape index (κ3) is 4.79. The largest absolute Gasteiger partial charge is 0.333 e. The number of nitrogens with zero attached hydrogens (tertiary/aromatic N) is 3. The molecular formula is C54H37N3. The van der Waals surface area contributed by atoms with Crippen molar-refractivity contribution >= 4 is 55.0 Å². The molecule has 0 bridgehead atoms. The van der Waals surface area contributed by atoms with Gasteiger partial charge in [-0.3, -0.25) is 0 Å². The van der Waals surface area contributed by atoms with Gasteiger partial charge in [-0.2, -0.15) is 0 Å². The van der Waals surface area contributed by atoms with Gasteiger partial charge in [0.25, 0.3) is 0 Å². The smallest absolute Gasteiger partial charge is 0.0629 e. The van der Waals surface area contributed by atoms with Gasteiger partial charge >= 0.3 is 0 Å². The molecule has 1 aliphatic heterocycles. The topological polar surface area (TPSA) is 13.1 Å². The van der Waals surface area contributed by atoms with Gasteiger partial charge in [-0.1, -0.05) is 164 Å². The Labute approximate surface area is 331 Å². The summed E-state index contributed by atoms with van der Waals surface area (Å²) in [5, 5.41) is 4.97. The van der Waals surface area contributed by atoms with Crippen LogP contribution in [0.1, 0.15) is 11.5 Å². The molecule has 12 rings (SSSR count). The summed E-state index contributed by atoms with van der Waals surface area (Å²) in [6.07, 6.45) is 9.10. The molecule has 0 saturated heterocycles. The minimum atomic E-state index is 0.240. The van der Waals surface area contributed by atoms with Crippen molar-refractivity contribution in [3.63, 3.8) is 0 Å². The molecule has 0 fully saturated rings.